The van der Waals surface area contributed by atoms with Crippen LogP contribution in [0.5, 0.6) is 11.8 Å². The van der Waals surface area contributed by atoms with Crippen LogP contribution in [0.1, 0.15) is 12.0 Å². The Morgan fingerprint density at radius 2 is 1.86 bits per heavy atom. The number of morpholine rings is 1. The summed E-state index contributed by atoms with van der Waals surface area (Å²) in [5, 5.41) is 0. The molecule has 0 bridgehead atoms. The molecule has 0 aliphatic carbocycles. The monoisotopic (exact) mass is 385 g/mol. The first-order valence-corrected chi connectivity index (χ1v) is 9.88. The lowest BCUT2D eigenvalue weighted by Crippen LogP contribution is -2.41. The fourth-order valence-corrected chi connectivity index (χ4v) is 3.47. The predicted molar refractivity (Wildman–Crippen MR) is 103 cm³/mol. The molecule has 28 heavy (non-hydrogen) atoms. The van der Waals surface area contributed by atoms with E-state index in [4.69, 9.17) is 14.2 Å². The van der Waals surface area contributed by atoms with E-state index in [2.05, 4.69) is 24.8 Å². The maximum Gasteiger partial charge on any atom is 0.235 e. The molecule has 4 rings (SSSR count). The molecule has 0 amide bonds. The van der Waals surface area contributed by atoms with E-state index in [0.29, 0.717) is 18.4 Å². The molecule has 0 spiro atoms. The van der Waals surface area contributed by atoms with E-state index < -0.39 is 0 Å². The second-order valence-corrected chi connectivity index (χ2v) is 7.13. The van der Waals surface area contributed by atoms with Crippen molar-refractivity contribution in [2.75, 3.05) is 52.5 Å². The minimum absolute atomic E-state index is 0.146. The van der Waals surface area contributed by atoms with E-state index in [0.717, 1.165) is 64.5 Å². The lowest BCUT2D eigenvalue weighted by Gasteiger charge is -2.28. The smallest absolute Gasteiger partial charge is 0.235 e. The molecular formula is C20H27N5O3. The fourth-order valence-electron chi connectivity index (χ4n) is 3.47. The van der Waals surface area contributed by atoms with Gasteiger partial charge in [0.1, 0.15) is 12.7 Å². The minimum atomic E-state index is 0.146. The Kier molecular flexibility index (Phi) is 6.64. The molecule has 2 aliphatic heterocycles. The molecule has 2 saturated heterocycles. The second kappa shape index (κ2) is 9.77. The zero-order valence-corrected chi connectivity index (χ0v) is 16.1. The summed E-state index contributed by atoms with van der Waals surface area (Å²) >= 11 is 0. The van der Waals surface area contributed by atoms with Crippen molar-refractivity contribution in [3.05, 3.63) is 42.5 Å². The van der Waals surface area contributed by atoms with Gasteiger partial charge in [-0.05, 0) is 12.5 Å². The van der Waals surface area contributed by atoms with E-state index in [1.165, 1.54) is 0 Å². The first-order chi connectivity index (χ1) is 13.8. The number of pyridine rings is 1. The number of rotatable bonds is 8. The molecule has 0 aromatic carbocycles. The maximum absolute atomic E-state index is 6.05. The van der Waals surface area contributed by atoms with Gasteiger partial charge in [-0.2, -0.15) is 4.98 Å². The maximum atomic E-state index is 6.05. The molecule has 0 radical (unpaired) electrons. The van der Waals surface area contributed by atoms with Crippen molar-refractivity contribution in [3.8, 4) is 11.8 Å². The number of aromatic nitrogens is 3. The zero-order valence-electron chi connectivity index (χ0n) is 16.1. The Bertz CT molecular complexity index is 727. The number of hydrogen-bond donors (Lipinski definition) is 0. The van der Waals surface area contributed by atoms with Crippen molar-refractivity contribution < 1.29 is 14.2 Å². The van der Waals surface area contributed by atoms with Crippen LogP contribution in [-0.2, 0) is 11.3 Å². The van der Waals surface area contributed by atoms with Gasteiger partial charge in [-0.3, -0.25) is 19.8 Å². The van der Waals surface area contributed by atoms with Gasteiger partial charge in [-0.25, -0.2) is 0 Å². The molecular weight excluding hydrogens is 358 g/mol. The summed E-state index contributed by atoms with van der Waals surface area (Å²) in [5.41, 5.74) is 0.988. The SMILES string of the molecule is c1cncc(COc2cncc(OC3CCN(CCN4CCOCC4)C3)n2)c1. The van der Waals surface area contributed by atoms with Crippen LogP contribution in [0.4, 0.5) is 0 Å². The lowest BCUT2D eigenvalue weighted by molar-refractivity contribution is 0.0339. The van der Waals surface area contributed by atoms with Crippen LogP contribution in [0.3, 0.4) is 0 Å². The van der Waals surface area contributed by atoms with Crippen LogP contribution in [0, 0.1) is 0 Å². The van der Waals surface area contributed by atoms with Crippen LogP contribution in [0.15, 0.2) is 36.9 Å². The van der Waals surface area contributed by atoms with Crippen molar-refractivity contribution in [1.82, 2.24) is 24.8 Å². The number of likely N-dealkylation sites (tertiary alicyclic amines) is 1. The van der Waals surface area contributed by atoms with E-state index in [1.54, 1.807) is 24.8 Å². The molecule has 0 saturated carbocycles. The average molecular weight is 385 g/mol. The first-order valence-electron chi connectivity index (χ1n) is 9.88. The molecule has 2 fully saturated rings. The average Bonchev–Trinajstić information content (AvgIpc) is 3.20. The number of ether oxygens (including phenoxy) is 3. The van der Waals surface area contributed by atoms with Gasteiger partial charge in [0.05, 0.1) is 25.6 Å². The second-order valence-electron chi connectivity index (χ2n) is 7.13. The highest BCUT2D eigenvalue weighted by Gasteiger charge is 2.25. The van der Waals surface area contributed by atoms with E-state index in [9.17, 15) is 0 Å². The minimum Gasteiger partial charge on any atom is -0.472 e. The van der Waals surface area contributed by atoms with E-state index in [-0.39, 0.29) is 6.10 Å². The van der Waals surface area contributed by atoms with Crippen LogP contribution >= 0.6 is 0 Å². The van der Waals surface area contributed by atoms with E-state index in [1.807, 2.05) is 12.1 Å². The van der Waals surface area contributed by atoms with Crippen LogP contribution in [-0.4, -0.2) is 83.3 Å². The van der Waals surface area contributed by atoms with Gasteiger partial charge in [0.2, 0.25) is 11.8 Å². The van der Waals surface area contributed by atoms with Crippen molar-refractivity contribution in [1.29, 1.82) is 0 Å². The fraction of sp³-hybridized carbons (Fsp3) is 0.550. The van der Waals surface area contributed by atoms with Gasteiger partial charge < -0.3 is 14.2 Å². The third-order valence-corrected chi connectivity index (χ3v) is 5.05. The van der Waals surface area contributed by atoms with Gasteiger partial charge in [-0.1, -0.05) is 6.07 Å². The summed E-state index contributed by atoms with van der Waals surface area (Å²) in [7, 11) is 0. The van der Waals surface area contributed by atoms with Gasteiger partial charge in [-0.15, -0.1) is 0 Å². The Hall–Kier alpha value is -2.29. The lowest BCUT2D eigenvalue weighted by atomic mass is 10.3. The Labute approximate surface area is 165 Å². The summed E-state index contributed by atoms with van der Waals surface area (Å²) < 4.78 is 17.2. The highest BCUT2D eigenvalue weighted by molar-refractivity contribution is 5.14. The zero-order chi connectivity index (χ0) is 19.0. The third-order valence-electron chi connectivity index (χ3n) is 5.05. The number of nitrogens with zero attached hydrogens (tertiary/aromatic N) is 5. The van der Waals surface area contributed by atoms with Crippen molar-refractivity contribution >= 4 is 0 Å². The quantitative estimate of drug-likeness (QED) is 0.672. The molecule has 2 aromatic heterocycles. The first kappa shape index (κ1) is 19.0. The molecule has 1 atom stereocenters. The molecule has 2 aromatic rings. The highest BCUT2D eigenvalue weighted by atomic mass is 16.5. The third kappa shape index (κ3) is 5.60. The van der Waals surface area contributed by atoms with Crippen molar-refractivity contribution in [3.63, 3.8) is 0 Å². The van der Waals surface area contributed by atoms with Crippen LogP contribution < -0.4 is 9.47 Å². The van der Waals surface area contributed by atoms with Crippen molar-refractivity contribution in [2.24, 2.45) is 0 Å². The molecule has 8 heteroatoms. The van der Waals surface area contributed by atoms with Gasteiger partial charge in [0, 0.05) is 57.2 Å². The predicted octanol–water partition coefficient (Wildman–Crippen LogP) is 1.24. The Morgan fingerprint density at radius 3 is 2.71 bits per heavy atom. The molecule has 8 nitrogen and oxygen atoms in total. The van der Waals surface area contributed by atoms with Crippen LogP contribution in [0.2, 0.25) is 0 Å². The number of hydrogen-bond acceptors (Lipinski definition) is 8. The molecule has 150 valence electrons. The summed E-state index contributed by atoms with van der Waals surface area (Å²) in [6.45, 7) is 8.32. The van der Waals surface area contributed by atoms with Gasteiger partial charge >= 0.3 is 0 Å². The van der Waals surface area contributed by atoms with Gasteiger partial charge in [0.15, 0.2) is 0 Å². The van der Waals surface area contributed by atoms with Crippen LogP contribution in [0.25, 0.3) is 0 Å². The van der Waals surface area contributed by atoms with Crippen molar-refractivity contribution in [2.45, 2.75) is 19.1 Å². The molecule has 1 unspecified atom stereocenters. The highest BCUT2D eigenvalue weighted by Crippen LogP contribution is 2.18. The molecule has 2 aliphatic rings. The Morgan fingerprint density at radius 1 is 1.00 bits per heavy atom. The Balaban J connectivity index is 1.22. The van der Waals surface area contributed by atoms with Gasteiger partial charge in [0.25, 0.3) is 0 Å². The largest absolute Gasteiger partial charge is 0.472 e. The topological polar surface area (TPSA) is 72.8 Å². The molecule has 0 N–H and O–H groups in total. The summed E-state index contributed by atoms with van der Waals surface area (Å²) in [5.74, 6) is 0.979. The standard InChI is InChI=1S/C20H27N5O3/c1-2-17(12-21-4-1)16-27-19-13-22-14-20(23-19)28-18-3-5-25(15-18)7-6-24-8-10-26-11-9-24/h1-2,4,12-14,18H,3,5-11,15-16H2. The normalized spacial score (nSPS) is 20.9. The molecule has 4 heterocycles. The summed E-state index contributed by atoms with van der Waals surface area (Å²) in [6, 6.07) is 3.85. The summed E-state index contributed by atoms with van der Waals surface area (Å²) in [6.07, 6.45) is 7.92. The summed E-state index contributed by atoms with van der Waals surface area (Å²) in [4.78, 5) is 17.6. The van der Waals surface area contributed by atoms with E-state index >= 15 is 0 Å².